The van der Waals surface area contributed by atoms with Gasteiger partial charge in [-0.25, -0.2) is 8.78 Å². The van der Waals surface area contributed by atoms with Crippen LogP contribution >= 0.6 is 0 Å². The molecule has 0 saturated carbocycles. The number of rotatable bonds is 5. The van der Waals surface area contributed by atoms with Crippen LogP contribution in [-0.4, -0.2) is 60.5 Å². The highest BCUT2D eigenvalue weighted by Crippen LogP contribution is 2.14. The molecule has 24 heavy (non-hydrogen) atoms. The molecule has 0 radical (unpaired) electrons. The Balaban J connectivity index is 1.85. The lowest BCUT2D eigenvalue weighted by atomic mass is 10.1. The van der Waals surface area contributed by atoms with Crippen molar-refractivity contribution in [2.24, 2.45) is 0 Å². The van der Waals surface area contributed by atoms with E-state index in [1.807, 2.05) is 13.8 Å². The van der Waals surface area contributed by atoms with Gasteiger partial charge in [-0.15, -0.1) is 0 Å². The van der Waals surface area contributed by atoms with Crippen LogP contribution in [0.3, 0.4) is 0 Å². The van der Waals surface area contributed by atoms with Crippen LogP contribution in [0, 0.1) is 11.6 Å². The third-order valence-corrected chi connectivity index (χ3v) is 3.85. The summed E-state index contributed by atoms with van der Waals surface area (Å²) in [4.78, 5) is 27.5. The van der Waals surface area contributed by atoms with Gasteiger partial charge in [0.25, 0.3) is 5.91 Å². The summed E-state index contributed by atoms with van der Waals surface area (Å²) in [5.41, 5.74) is -0.151. The minimum Gasteiger partial charge on any atom is -0.378 e. The van der Waals surface area contributed by atoms with E-state index in [1.165, 1.54) is 4.90 Å². The summed E-state index contributed by atoms with van der Waals surface area (Å²) in [5, 5.41) is 0. The van der Waals surface area contributed by atoms with E-state index < -0.39 is 17.5 Å². The van der Waals surface area contributed by atoms with Crippen LogP contribution in [0.15, 0.2) is 18.2 Å². The minimum atomic E-state index is -0.871. The first kappa shape index (κ1) is 18.3. The Morgan fingerprint density at radius 2 is 1.75 bits per heavy atom. The van der Waals surface area contributed by atoms with Gasteiger partial charge in [0.05, 0.1) is 24.7 Å². The van der Waals surface area contributed by atoms with E-state index in [-0.39, 0.29) is 17.6 Å². The molecular formula is C17H22F2N2O3. The number of benzene rings is 1. The molecule has 1 aromatic rings. The molecule has 0 N–H and O–H groups in total. The molecule has 5 nitrogen and oxygen atoms in total. The molecule has 1 saturated heterocycles. The van der Waals surface area contributed by atoms with E-state index in [4.69, 9.17) is 4.74 Å². The summed E-state index contributed by atoms with van der Waals surface area (Å²) in [6.07, 6.45) is 0.386. The number of amides is 2. The van der Waals surface area contributed by atoms with Crippen molar-refractivity contribution in [3.8, 4) is 0 Å². The van der Waals surface area contributed by atoms with Gasteiger partial charge in [0.2, 0.25) is 5.91 Å². The lowest BCUT2D eigenvalue weighted by Crippen LogP contribution is -2.50. The summed E-state index contributed by atoms with van der Waals surface area (Å²) in [7, 11) is 0. The first-order valence-electron chi connectivity index (χ1n) is 8.02. The van der Waals surface area contributed by atoms with Crippen molar-refractivity contribution in [3.63, 3.8) is 0 Å². The molecule has 1 aliphatic heterocycles. The smallest absolute Gasteiger partial charge is 0.256 e. The number of halogens is 2. The van der Waals surface area contributed by atoms with Crippen molar-refractivity contribution >= 4 is 11.8 Å². The van der Waals surface area contributed by atoms with Gasteiger partial charge >= 0.3 is 0 Å². The molecule has 2 amide bonds. The van der Waals surface area contributed by atoms with Crippen LogP contribution < -0.4 is 0 Å². The number of piperazine rings is 1. The molecule has 2 rings (SSSR count). The number of nitrogens with zero attached hydrogens (tertiary/aromatic N) is 2. The maximum atomic E-state index is 13.7. The molecule has 1 aliphatic rings. The topological polar surface area (TPSA) is 49.9 Å². The van der Waals surface area contributed by atoms with E-state index in [9.17, 15) is 18.4 Å². The predicted molar refractivity (Wildman–Crippen MR) is 84.5 cm³/mol. The first-order chi connectivity index (χ1) is 11.4. The number of hydrogen-bond acceptors (Lipinski definition) is 3. The lowest BCUT2D eigenvalue weighted by Gasteiger charge is -2.35. The van der Waals surface area contributed by atoms with Crippen molar-refractivity contribution in [2.75, 3.05) is 32.8 Å². The predicted octanol–water partition coefficient (Wildman–Crippen LogP) is 2.06. The van der Waals surface area contributed by atoms with E-state index in [1.54, 1.807) is 4.90 Å². The largest absolute Gasteiger partial charge is 0.378 e. The zero-order valence-electron chi connectivity index (χ0n) is 13.9. The molecule has 0 spiro atoms. The van der Waals surface area contributed by atoms with Crippen LogP contribution in [0.1, 0.15) is 30.6 Å². The third kappa shape index (κ3) is 4.74. The van der Waals surface area contributed by atoms with E-state index in [0.29, 0.717) is 45.3 Å². The Morgan fingerprint density at radius 3 is 2.33 bits per heavy atom. The molecule has 1 fully saturated rings. The third-order valence-electron chi connectivity index (χ3n) is 3.85. The van der Waals surface area contributed by atoms with Gasteiger partial charge in [0.15, 0.2) is 0 Å². The normalized spacial score (nSPS) is 15.0. The van der Waals surface area contributed by atoms with Crippen LogP contribution in [-0.2, 0) is 9.53 Å². The van der Waals surface area contributed by atoms with Gasteiger partial charge in [0.1, 0.15) is 11.6 Å². The number of carbonyl (C=O) groups is 2. The minimum absolute atomic E-state index is 0.0179. The summed E-state index contributed by atoms with van der Waals surface area (Å²) in [5.74, 6) is -2.09. The zero-order chi connectivity index (χ0) is 17.7. The Labute approximate surface area is 140 Å². The number of ether oxygens (including phenoxy) is 1. The molecule has 0 bridgehead atoms. The standard InChI is InChI=1S/C17H22F2N2O3/c1-12(2)24-10-5-16(22)20-6-8-21(9-7-20)17(23)14-4-3-13(18)11-15(14)19/h3-4,11-12H,5-10H2,1-2H3. The Hall–Kier alpha value is -2.02. The van der Waals surface area contributed by atoms with Crippen LogP contribution in [0.2, 0.25) is 0 Å². The van der Waals surface area contributed by atoms with Gasteiger partial charge in [-0.1, -0.05) is 0 Å². The maximum absolute atomic E-state index is 13.7. The van der Waals surface area contributed by atoms with Crippen molar-refractivity contribution < 1.29 is 23.1 Å². The Kier molecular flexibility index (Phi) is 6.25. The fourth-order valence-corrected chi connectivity index (χ4v) is 2.53. The van der Waals surface area contributed by atoms with E-state index >= 15 is 0 Å². The van der Waals surface area contributed by atoms with Gasteiger partial charge in [-0.3, -0.25) is 9.59 Å². The average Bonchev–Trinajstić information content (AvgIpc) is 2.54. The van der Waals surface area contributed by atoms with Crippen LogP contribution in [0.25, 0.3) is 0 Å². The molecule has 1 aromatic carbocycles. The van der Waals surface area contributed by atoms with Gasteiger partial charge in [0, 0.05) is 32.2 Å². The lowest BCUT2D eigenvalue weighted by molar-refractivity contribution is -0.134. The maximum Gasteiger partial charge on any atom is 0.256 e. The molecule has 0 atom stereocenters. The molecule has 7 heteroatoms. The SMILES string of the molecule is CC(C)OCCC(=O)N1CCN(C(=O)c2ccc(F)cc2F)CC1. The highest BCUT2D eigenvalue weighted by atomic mass is 19.1. The van der Waals surface area contributed by atoms with Crippen molar-refractivity contribution in [1.82, 2.24) is 9.80 Å². The Bertz CT molecular complexity index is 599. The second-order valence-electron chi connectivity index (χ2n) is 5.97. The highest BCUT2D eigenvalue weighted by molar-refractivity contribution is 5.94. The van der Waals surface area contributed by atoms with Gasteiger partial charge in [-0.2, -0.15) is 0 Å². The number of hydrogen-bond donors (Lipinski definition) is 0. The van der Waals surface area contributed by atoms with Crippen molar-refractivity contribution in [3.05, 3.63) is 35.4 Å². The fraction of sp³-hybridized carbons (Fsp3) is 0.529. The molecule has 132 valence electrons. The van der Waals surface area contributed by atoms with Crippen LogP contribution in [0.5, 0.6) is 0 Å². The average molecular weight is 340 g/mol. The summed E-state index contributed by atoms with van der Waals surface area (Å²) < 4.78 is 32.0. The summed E-state index contributed by atoms with van der Waals surface area (Å²) in [6, 6.07) is 2.90. The second kappa shape index (κ2) is 8.19. The molecule has 1 heterocycles. The first-order valence-corrected chi connectivity index (χ1v) is 8.02. The molecule has 0 unspecified atom stereocenters. The second-order valence-corrected chi connectivity index (χ2v) is 5.97. The zero-order valence-corrected chi connectivity index (χ0v) is 13.9. The number of carbonyl (C=O) groups excluding carboxylic acids is 2. The van der Waals surface area contributed by atoms with Crippen LogP contribution in [0.4, 0.5) is 8.78 Å². The summed E-state index contributed by atoms with van der Waals surface area (Å²) >= 11 is 0. The molecular weight excluding hydrogens is 318 g/mol. The highest BCUT2D eigenvalue weighted by Gasteiger charge is 2.26. The van der Waals surface area contributed by atoms with Gasteiger partial charge < -0.3 is 14.5 Å². The monoisotopic (exact) mass is 340 g/mol. The molecule has 0 aliphatic carbocycles. The Morgan fingerprint density at radius 1 is 1.12 bits per heavy atom. The fourth-order valence-electron chi connectivity index (χ4n) is 2.53. The quantitative estimate of drug-likeness (QED) is 0.824. The van der Waals surface area contributed by atoms with E-state index in [2.05, 4.69) is 0 Å². The van der Waals surface area contributed by atoms with Crippen molar-refractivity contribution in [2.45, 2.75) is 26.4 Å². The summed E-state index contributed by atoms with van der Waals surface area (Å²) in [6.45, 7) is 5.63. The van der Waals surface area contributed by atoms with E-state index in [0.717, 1.165) is 12.1 Å². The molecule has 0 aromatic heterocycles. The van der Waals surface area contributed by atoms with Gasteiger partial charge in [-0.05, 0) is 26.0 Å². The van der Waals surface area contributed by atoms with Crippen molar-refractivity contribution in [1.29, 1.82) is 0 Å².